The fraction of sp³-hybridized carbons (Fsp3) is 0.143. The lowest BCUT2D eigenvalue weighted by Crippen LogP contribution is -2.32. The van der Waals surface area contributed by atoms with E-state index in [9.17, 15) is 0 Å². The minimum atomic E-state index is -1.000. The van der Waals surface area contributed by atoms with E-state index in [4.69, 9.17) is 9.05 Å². The van der Waals surface area contributed by atoms with Gasteiger partial charge in [-0.1, -0.05) is 152 Å². The van der Waals surface area contributed by atoms with Gasteiger partial charge in [0.1, 0.15) is 12.2 Å². The van der Waals surface area contributed by atoms with Crippen molar-refractivity contribution < 1.29 is 9.05 Å². The molecule has 1 fully saturated rings. The van der Waals surface area contributed by atoms with Crippen LogP contribution in [-0.4, -0.2) is 30.2 Å². The van der Waals surface area contributed by atoms with Crippen LogP contribution in [0.3, 0.4) is 0 Å². The summed E-state index contributed by atoms with van der Waals surface area (Å²) in [5.74, 6) is 0. The summed E-state index contributed by atoms with van der Waals surface area (Å²) < 4.78 is 14.3. The average molecular weight is 562 g/mol. The zero-order valence-corrected chi connectivity index (χ0v) is 24.2. The first-order valence-corrected chi connectivity index (χ1v) is 16.3. The molecule has 0 aliphatic carbocycles. The Morgan fingerprint density at radius 1 is 0.450 bits per heavy atom. The van der Waals surface area contributed by atoms with Crippen molar-refractivity contribution in [2.45, 2.75) is 18.8 Å². The summed E-state index contributed by atoms with van der Waals surface area (Å²) in [4.78, 5) is 2.48. The summed E-state index contributed by atoms with van der Waals surface area (Å²) in [6, 6.07) is 53.3. The Kier molecular flexibility index (Phi) is 9.10. The molecule has 0 N–H and O–H groups in total. The van der Waals surface area contributed by atoms with Gasteiger partial charge in [0.15, 0.2) is 0 Å². The van der Waals surface area contributed by atoms with Crippen molar-refractivity contribution in [1.82, 2.24) is 4.90 Å². The molecule has 1 saturated heterocycles. The number of benzene rings is 5. The third kappa shape index (κ3) is 6.76. The number of nitrogens with zero attached hydrogens (tertiary/aromatic N) is 1. The van der Waals surface area contributed by atoms with Crippen molar-refractivity contribution >= 4 is 37.5 Å². The SMILES string of the molecule is c1ccc(CN2C[C@@H](OP(c3ccccc3)c3ccccc3)[C@H](OP(c3ccccc3)c3ccccc3)C2)cc1. The van der Waals surface area contributed by atoms with Crippen LogP contribution < -0.4 is 21.2 Å². The van der Waals surface area contributed by atoms with Gasteiger partial charge in [0.2, 0.25) is 0 Å². The molecule has 5 aromatic rings. The highest BCUT2D eigenvalue weighted by molar-refractivity contribution is 7.69. The van der Waals surface area contributed by atoms with Crippen LogP contribution in [-0.2, 0) is 15.6 Å². The van der Waals surface area contributed by atoms with E-state index in [1.807, 2.05) is 0 Å². The van der Waals surface area contributed by atoms with Crippen molar-refractivity contribution in [3.63, 3.8) is 0 Å². The van der Waals surface area contributed by atoms with E-state index in [1.54, 1.807) is 0 Å². The van der Waals surface area contributed by atoms with Crippen molar-refractivity contribution in [3.05, 3.63) is 157 Å². The smallest absolute Gasteiger partial charge is 0.103 e. The topological polar surface area (TPSA) is 21.7 Å². The van der Waals surface area contributed by atoms with Crippen molar-refractivity contribution in [2.75, 3.05) is 13.1 Å². The number of hydrogen-bond donors (Lipinski definition) is 0. The zero-order valence-electron chi connectivity index (χ0n) is 22.4. The number of likely N-dealkylation sites (tertiary alicyclic amines) is 1. The van der Waals surface area contributed by atoms with Gasteiger partial charge in [0.25, 0.3) is 0 Å². The molecule has 1 heterocycles. The fourth-order valence-corrected chi connectivity index (χ4v) is 8.86. The molecule has 40 heavy (non-hydrogen) atoms. The van der Waals surface area contributed by atoms with Crippen LogP contribution in [0.15, 0.2) is 152 Å². The third-order valence-corrected chi connectivity index (χ3v) is 11.0. The lowest BCUT2D eigenvalue weighted by molar-refractivity contribution is 0.116. The highest BCUT2D eigenvalue weighted by Gasteiger charge is 2.39. The normalized spacial score (nSPS) is 17.4. The van der Waals surface area contributed by atoms with E-state index in [-0.39, 0.29) is 12.2 Å². The molecule has 0 amide bonds. The molecule has 1 aliphatic rings. The molecule has 0 unspecified atom stereocenters. The van der Waals surface area contributed by atoms with Gasteiger partial charge in [-0.15, -0.1) is 0 Å². The third-order valence-electron chi connectivity index (χ3n) is 6.98. The maximum atomic E-state index is 7.15. The lowest BCUT2D eigenvalue weighted by Gasteiger charge is -2.29. The van der Waals surface area contributed by atoms with Crippen LogP contribution in [0.1, 0.15) is 5.56 Å². The summed E-state index contributed by atoms with van der Waals surface area (Å²) >= 11 is 0. The molecule has 6 rings (SSSR count). The van der Waals surface area contributed by atoms with E-state index in [0.29, 0.717) is 0 Å². The predicted molar refractivity (Wildman–Crippen MR) is 170 cm³/mol. The van der Waals surface area contributed by atoms with Crippen LogP contribution in [0.5, 0.6) is 0 Å². The first-order valence-electron chi connectivity index (χ1n) is 13.7. The summed E-state index contributed by atoms with van der Waals surface area (Å²) in [6.07, 6.45) is -0.125. The maximum absolute atomic E-state index is 7.15. The van der Waals surface area contributed by atoms with Crippen molar-refractivity contribution in [1.29, 1.82) is 0 Å². The van der Waals surface area contributed by atoms with Crippen molar-refractivity contribution in [3.8, 4) is 0 Å². The number of hydrogen-bond acceptors (Lipinski definition) is 3. The Morgan fingerprint density at radius 3 is 1.07 bits per heavy atom. The fourth-order valence-electron chi connectivity index (χ4n) is 5.06. The van der Waals surface area contributed by atoms with Gasteiger partial charge in [-0.3, -0.25) is 4.90 Å². The molecule has 0 aromatic heterocycles. The van der Waals surface area contributed by atoms with Crippen LogP contribution in [0.25, 0.3) is 0 Å². The van der Waals surface area contributed by atoms with Crippen LogP contribution in [0.2, 0.25) is 0 Å². The van der Waals surface area contributed by atoms with Crippen LogP contribution >= 0.6 is 16.3 Å². The summed E-state index contributed by atoms with van der Waals surface area (Å²) in [5, 5.41) is 4.88. The molecular formula is C35H33NO2P2. The highest BCUT2D eigenvalue weighted by Crippen LogP contribution is 2.43. The summed E-state index contributed by atoms with van der Waals surface area (Å²) in [6.45, 7) is 2.53. The molecule has 0 radical (unpaired) electrons. The second kappa shape index (κ2) is 13.5. The van der Waals surface area contributed by atoms with Gasteiger partial charge in [0, 0.05) is 40.9 Å². The Labute approximate surface area is 240 Å². The largest absolute Gasteiger partial charge is 0.342 e. The summed E-state index contributed by atoms with van der Waals surface area (Å²) in [5.41, 5.74) is 1.31. The van der Waals surface area contributed by atoms with E-state index in [1.165, 1.54) is 26.8 Å². The Balaban J connectivity index is 1.32. The standard InChI is InChI=1S/C35H33NO2P2/c1-6-16-29(17-7-1)26-36-27-34(37-39(30-18-8-2-9-19-30)31-20-10-3-11-21-31)35(28-36)38-40(32-22-12-4-13-23-32)33-24-14-5-15-25-33/h1-25,34-35H,26-28H2/t34-,35-/m1/s1. The minimum Gasteiger partial charge on any atom is -0.342 e. The van der Waals surface area contributed by atoms with Gasteiger partial charge in [-0.25, -0.2) is 0 Å². The maximum Gasteiger partial charge on any atom is 0.103 e. The summed E-state index contributed by atoms with van der Waals surface area (Å²) in [7, 11) is -2.00. The second-order valence-electron chi connectivity index (χ2n) is 9.90. The molecule has 0 spiro atoms. The van der Waals surface area contributed by atoms with E-state index in [0.717, 1.165) is 19.6 Å². The van der Waals surface area contributed by atoms with Crippen LogP contribution in [0.4, 0.5) is 0 Å². The van der Waals surface area contributed by atoms with Gasteiger partial charge >= 0.3 is 0 Å². The van der Waals surface area contributed by atoms with Gasteiger partial charge in [0.05, 0.1) is 16.3 Å². The molecule has 1 aliphatic heterocycles. The molecule has 2 atom stereocenters. The quantitative estimate of drug-likeness (QED) is 0.185. The number of rotatable bonds is 10. The molecule has 200 valence electrons. The predicted octanol–water partition coefficient (Wildman–Crippen LogP) is 6.37. The lowest BCUT2D eigenvalue weighted by atomic mass is 10.2. The Bertz CT molecular complexity index is 1270. The van der Waals surface area contributed by atoms with Gasteiger partial charge in [-0.05, 0) is 5.56 Å². The molecule has 0 bridgehead atoms. The first-order chi connectivity index (χ1) is 19.8. The van der Waals surface area contributed by atoms with E-state index in [2.05, 4.69) is 157 Å². The molecule has 5 heteroatoms. The van der Waals surface area contributed by atoms with E-state index >= 15 is 0 Å². The van der Waals surface area contributed by atoms with Gasteiger partial charge < -0.3 is 9.05 Å². The Hall–Kier alpha value is -3.16. The highest BCUT2D eigenvalue weighted by atomic mass is 31.1. The van der Waals surface area contributed by atoms with E-state index < -0.39 is 16.3 Å². The minimum absolute atomic E-state index is 0.0624. The monoisotopic (exact) mass is 561 g/mol. The second-order valence-corrected chi connectivity index (χ2v) is 13.6. The van der Waals surface area contributed by atoms with Crippen molar-refractivity contribution in [2.24, 2.45) is 0 Å². The first kappa shape index (κ1) is 27.0. The average Bonchev–Trinajstić information content (AvgIpc) is 3.41. The Morgan fingerprint density at radius 2 is 0.750 bits per heavy atom. The molecule has 5 aromatic carbocycles. The zero-order chi connectivity index (χ0) is 27.0. The molecule has 0 saturated carbocycles. The van der Waals surface area contributed by atoms with Crippen LogP contribution in [0, 0.1) is 0 Å². The van der Waals surface area contributed by atoms with Gasteiger partial charge in [-0.2, -0.15) is 0 Å². The molecular weight excluding hydrogens is 528 g/mol. The molecule has 3 nitrogen and oxygen atoms in total.